The van der Waals surface area contributed by atoms with Crippen molar-refractivity contribution in [2.45, 2.75) is 52.2 Å². The lowest BCUT2D eigenvalue weighted by molar-refractivity contribution is -0.00437. The normalized spacial score (nSPS) is 25.1. The fourth-order valence-electron chi connectivity index (χ4n) is 2.73. The topological polar surface area (TPSA) is 9.23 Å². The fourth-order valence-corrected chi connectivity index (χ4v) is 2.73. The molecule has 1 saturated carbocycles. The van der Waals surface area contributed by atoms with E-state index in [1.54, 1.807) is 0 Å². The van der Waals surface area contributed by atoms with Crippen molar-refractivity contribution in [3.63, 3.8) is 0 Å². The smallest absolute Gasteiger partial charge is 0.0720 e. The van der Waals surface area contributed by atoms with E-state index in [0.717, 1.165) is 18.4 Å². The summed E-state index contributed by atoms with van der Waals surface area (Å²) in [6.07, 6.45) is 5.71. The highest BCUT2D eigenvalue weighted by molar-refractivity contribution is 5.13. The highest BCUT2D eigenvalue weighted by Gasteiger charge is 2.24. The Morgan fingerprint density at radius 3 is 2.65 bits per heavy atom. The fraction of sp³-hybridized carbons (Fsp3) is 0.625. The molecule has 1 heteroatoms. The zero-order valence-electron chi connectivity index (χ0n) is 11.1. The Bertz CT molecular complexity index is 318. The van der Waals surface area contributed by atoms with E-state index in [-0.39, 0.29) is 0 Å². The van der Waals surface area contributed by atoms with Crippen molar-refractivity contribution in [3.05, 3.63) is 35.9 Å². The monoisotopic (exact) mass is 232 g/mol. The minimum Gasteiger partial charge on any atom is -0.374 e. The maximum Gasteiger partial charge on any atom is 0.0720 e. The molecule has 0 unspecified atom stereocenters. The first-order chi connectivity index (χ1) is 8.25. The molecule has 17 heavy (non-hydrogen) atoms. The van der Waals surface area contributed by atoms with E-state index in [1.165, 1.54) is 31.2 Å². The van der Waals surface area contributed by atoms with Crippen molar-refractivity contribution in [1.29, 1.82) is 0 Å². The van der Waals surface area contributed by atoms with E-state index in [9.17, 15) is 0 Å². The summed E-state index contributed by atoms with van der Waals surface area (Å²) in [5, 5.41) is 0. The van der Waals surface area contributed by atoms with Gasteiger partial charge in [0.05, 0.1) is 12.7 Å². The third-order valence-corrected chi connectivity index (χ3v) is 3.94. The van der Waals surface area contributed by atoms with Crippen LogP contribution in [-0.2, 0) is 11.3 Å². The number of rotatable bonds is 4. The van der Waals surface area contributed by atoms with Gasteiger partial charge in [0.2, 0.25) is 0 Å². The van der Waals surface area contributed by atoms with E-state index < -0.39 is 0 Å². The summed E-state index contributed by atoms with van der Waals surface area (Å²) in [7, 11) is 0. The van der Waals surface area contributed by atoms with Crippen LogP contribution in [0.2, 0.25) is 0 Å². The molecule has 0 aromatic heterocycles. The molecule has 0 spiro atoms. The maximum absolute atomic E-state index is 6.05. The van der Waals surface area contributed by atoms with Crippen molar-refractivity contribution < 1.29 is 4.74 Å². The van der Waals surface area contributed by atoms with E-state index in [4.69, 9.17) is 4.74 Å². The summed E-state index contributed by atoms with van der Waals surface area (Å²) in [6.45, 7) is 5.45. The largest absolute Gasteiger partial charge is 0.374 e. The van der Waals surface area contributed by atoms with Crippen LogP contribution < -0.4 is 0 Å². The zero-order chi connectivity index (χ0) is 12.1. The number of hydrogen-bond donors (Lipinski definition) is 0. The van der Waals surface area contributed by atoms with Gasteiger partial charge in [-0.1, -0.05) is 57.0 Å². The minimum atomic E-state index is 0.483. The highest BCUT2D eigenvalue weighted by atomic mass is 16.5. The molecule has 0 bridgehead atoms. The Morgan fingerprint density at radius 2 is 1.94 bits per heavy atom. The predicted octanol–water partition coefficient (Wildman–Crippen LogP) is 4.42. The van der Waals surface area contributed by atoms with Gasteiger partial charge in [0, 0.05) is 0 Å². The molecular formula is C16H24O. The lowest BCUT2D eigenvalue weighted by Gasteiger charge is -2.31. The van der Waals surface area contributed by atoms with Crippen molar-refractivity contribution in [1.82, 2.24) is 0 Å². The Morgan fingerprint density at radius 1 is 1.18 bits per heavy atom. The summed E-state index contributed by atoms with van der Waals surface area (Å²) in [5.74, 6) is 1.67. The molecule has 0 heterocycles. The third-order valence-electron chi connectivity index (χ3n) is 3.94. The first-order valence-corrected chi connectivity index (χ1v) is 6.91. The van der Waals surface area contributed by atoms with E-state index in [1.807, 2.05) is 0 Å². The molecule has 1 aromatic rings. The molecule has 0 amide bonds. The zero-order valence-corrected chi connectivity index (χ0v) is 11.1. The minimum absolute atomic E-state index is 0.483. The molecule has 94 valence electrons. The molecule has 1 aliphatic rings. The van der Waals surface area contributed by atoms with Gasteiger partial charge in [0.15, 0.2) is 0 Å². The lowest BCUT2D eigenvalue weighted by atomic mass is 9.80. The van der Waals surface area contributed by atoms with Crippen LogP contribution in [0, 0.1) is 11.8 Å². The van der Waals surface area contributed by atoms with Crippen LogP contribution in [-0.4, -0.2) is 6.10 Å². The van der Waals surface area contributed by atoms with E-state index in [2.05, 4.69) is 44.2 Å². The van der Waals surface area contributed by atoms with Crippen molar-refractivity contribution in [2.75, 3.05) is 0 Å². The quantitative estimate of drug-likeness (QED) is 0.746. The summed E-state index contributed by atoms with van der Waals surface area (Å²) >= 11 is 0. The van der Waals surface area contributed by atoms with Gasteiger partial charge in [-0.2, -0.15) is 0 Å². The first-order valence-electron chi connectivity index (χ1n) is 6.91. The predicted molar refractivity (Wildman–Crippen MR) is 71.8 cm³/mol. The maximum atomic E-state index is 6.05. The molecule has 0 saturated heterocycles. The SMILES string of the molecule is CC(C)[C@@H]1CCC[C@H](OCc2ccccc2)C1. The molecule has 0 radical (unpaired) electrons. The van der Waals surface area contributed by atoms with Gasteiger partial charge in [0.25, 0.3) is 0 Å². The molecule has 1 nitrogen and oxygen atoms in total. The summed E-state index contributed by atoms with van der Waals surface area (Å²) in [6, 6.07) is 10.5. The lowest BCUT2D eigenvalue weighted by Crippen LogP contribution is -2.25. The van der Waals surface area contributed by atoms with Gasteiger partial charge in [-0.15, -0.1) is 0 Å². The Labute approximate surface area is 105 Å². The van der Waals surface area contributed by atoms with Crippen LogP contribution in [0.15, 0.2) is 30.3 Å². The molecule has 1 aromatic carbocycles. The van der Waals surface area contributed by atoms with Crippen molar-refractivity contribution >= 4 is 0 Å². The third kappa shape index (κ3) is 3.85. The molecular weight excluding hydrogens is 208 g/mol. The molecule has 2 rings (SSSR count). The second-order valence-electron chi connectivity index (χ2n) is 5.59. The van der Waals surface area contributed by atoms with Crippen LogP contribution in [0.1, 0.15) is 45.1 Å². The van der Waals surface area contributed by atoms with Gasteiger partial charge < -0.3 is 4.74 Å². The molecule has 1 aliphatic carbocycles. The molecule has 0 N–H and O–H groups in total. The van der Waals surface area contributed by atoms with Gasteiger partial charge in [-0.05, 0) is 30.2 Å². The molecule has 1 fully saturated rings. The molecule has 0 aliphatic heterocycles. The van der Waals surface area contributed by atoms with Gasteiger partial charge >= 0.3 is 0 Å². The van der Waals surface area contributed by atoms with Crippen molar-refractivity contribution in [2.24, 2.45) is 11.8 Å². The van der Waals surface area contributed by atoms with Gasteiger partial charge in [-0.3, -0.25) is 0 Å². The Kier molecular flexibility index (Phi) is 4.61. The summed E-state index contributed by atoms with van der Waals surface area (Å²) in [4.78, 5) is 0. The van der Waals surface area contributed by atoms with Crippen LogP contribution in [0.5, 0.6) is 0 Å². The Balaban J connectivity index is 1.79. The second kappa shape index (κ2) is 6.20. The standard InChI is InChI=1S/C16H24O/c1-13(2)15-9-6-10-16(11-15)17-12-14-7-4-3-5-8-14/h3-5,7-8,13,15-16H,6,9-12H2,1-2H3/t15-,16+/m1/s1. The molecule has 2 atom stereocenters. The van der Waals surface area contributed by atoms with Gasteiger partial charge in [0.1, 0.15) is 0 Å². The number of hydrogen-bond acceptors (Lipinski definition) is 1. The second-order valence-corrected chi connectivity index (χ2v) is 5.59. The van der Waals surface area contributed by atoms with Crippen LogP contribution in [0.4, 0.5) is 0 Å². The highest BCUT2D eigenvalue weighted by Crippen LogP contribution is 2.31. The van der Waals surface area contributed by atoms with Gasteiger partial charge in [-0.25, -0.2) is 0 Å². The van der Waals surface area contributed by atoms with Crippen LogP contribution in [0.25, 0.3) is 0 Å². The average molecular weight is 232 g/mol. The summed E-state index contributed by atoms with van der Waals surface area (Å²) in [5.41, 5.74) is 1.29. The Hall–Kier alpha value is -0.820. The van der Waals surface area contributed by atoms with Crippen LogP contribution >= 0.6 is 0 Å². The number of benzene rings is 1. The first kappa shape index (κ1) is 12.6. The number of ether oxygens (including phenoxy) is 1. The average Bonchev–Trinajstić information content (AvgIpc) is 2.38. The van der Waals surface area contributed by atoms with E-state index >= 15 is 0 Å². The van der Waals surface area contributed by atoms with Crippen LogP contribution in [0.3, 0.4) is 0 Å². The summed E-state index contributed by atoms with van der Waals surface area (Å²) < 4.78 is 6.05. The van der Waals surface area contributed by atoms with Crippen molar-refractivity contribution in [3.8, 4) is 0 Å². The van der Waals surface area contributed by atoms with E-state index in [0.29, 0.717) is 6.10 Å².